The van der Waals surface area contributed by atoms with E-state index < -0.39 is 46.2 Å². The van der Waals surface area contributed by atoms with Gasteiger partial charge >= 0.3 is 23.9 Å². The maximum atomic E-state index is 12.9. The summed E-state index contributed by atoms with van der Waals surface area (Å²) in [5.74, 6) is -4.88. The molecule has 0 aliphatic heterocycles. The summed E-state index contributed by atoms with van der Waals surface area (Å²) in [7, 11) is -6.01. The van der Waals surface area contributed by atoms with E-state index in [1.54, 1.807) is 18.7 Å². The molecule has 0 unspecified atom stereocenters. The molecule has 0 spiro atoms. The molecule has 0 atom stereocenters. The minimum absolute atomic E-state index is 0.101. The standard InChI is InChI=1S/C12H19F6NO5S/c1-3-19(4-2)7-5-6-9(20)24-10(11(13,14)15,12(16,17)18)8-25(21,22)23/h3-8H2,1-2H3,(H,21,22,23)/p-1. The van der Waals surface area contributed by atoms with Crippen LogP contribution < -0.4 is 0 Å². The van der Waals surface area contributed by atoms with Crippen molar-refractivity contribution in [1.82, 2.24) is 4.90 Å². The van der Waals surface area contributed by atoms with Crippen molar-refractivity contribution in [3.05, 3.63) is 0 Å². The van der Waals surface area contributed by atoms with Crippen molar-refractivity contribution in [2.45, 2.75) is 44.6 Å². The van der Waals surface area contributed by atoms with E-state index in [4.69, 9.17) is 0 Å². The van der Waals surface area contributed by atoms with Crippen LogP contribution >= 0.6 is 0 Å². The summed E-state index contributed by atoms with van der Waals surface area (Å²) in [5.41, 5.74) is -5.40. The second-order valence-electron chi connectivity index (χ2n) is 5.13. The number of rotatable bonds is 9. The van der Waals surface area contributed by atoms with Crippen LogP contribution in [0.25, 0.3) is 0 Å². The Morgan fingerprint density at radius 2 is 1.48 bits per heavy atom. The molecule has 0 fully saturated rings. The quantitative estimate of drug-likeness (QED) is 0.333. The number of alkyl halides is 6. The number of hydrogen-bond donors (Lipinski definition) is 0. The number of nitrogens with zero attached hydrogens (tertiary/aromatic N) is 1. The number of halogens is 6. The van der Waals surface area contributed by atoms with Crippen LogP contribution in [-0.4, -0.2) is 67.2 Å². The van der Waals surface area contributed by atoms with Crippen molar-refractivity contribution in [2.24, 2.45) is 0 Å². The molecule has 0 amide bonds. The molecule has 13 heteroatoms. The SMILES string of the molecule is CCN(CC)CCCC(=O)OC(CS(=O)(=O)[O-])(C(F)(F)F)C(F)(F)F. The van der Waals surface area contributed by atoms with Crippen LogP contribution in [-0.2, 0) is 19.6 Å². The van der Waals surface area contributed by atoms with Gasteiger partial charge in [-0.2, -0.15) is 26.3 Å². The number of ether oxygens (including phenoxy) is 1. The first-order valence-electron chi connectivity index (χ1n) is 7.10. The van der Waals surface area contributed by atoms with E-state index in [-0.39, 0.29) is 13.0 Å². The first-order chi connectivity index (χ1) is 11.1. The molecule has 25 heavy (non-hydrogen) atoms. The van der Waals surface area contributed by atoms with E-state index in [0.29, 0.717) is 13.1 Å². The third-order valence-electron chi connectivity index (χ3n) is 3.33. The van der Waals surface area contributed by atoms with Gasteiger partial charge in [-0.3, -0.25) is 4.79 Å². The van der Waals surface area contributed by atoms with Crippen molar-refractivity contribution in [2.75, 3.05) is 25.4 Å². The lowest BCUT2D eigenvalue weighted by atomic mass is 10.1. The van der Waals surface area contributed by atoms with Gasteiger partial charge in [0.25, 0.3) is 0 Å². The number of carbonyl (C=O) groups excluding carboxylic acids is 1. The molecular formula is C12H18F6NO5S-. The topological polar surface area (TPSA) is 86.7 Å². The second-order valence-corrected chi connectivity index (χ2v) is 6.53. The van der Waals surface area contributed by atoms with E-state index in [1.807, 2.05) is 0 Å². The second kappa shape index (κ2) is 8.54. The zero-order chi connectivity index (χ0) is 20.1. The average molecular weight is 402 g/mol. The molecule has 0 aliphatic carbocycles. The van der Waals surface area contributed by atoms with Gasteiger partial charge < -0.3 is 14.2 Å². The fourth-order valence-electron chi connectivity index (χ4n) is 1.95. The molecule has 0 rings (SSSR count). The number of carbonyl (C=O) groups is 1. The first-order valence-corrected chi connectivity index (χ1v) is 8.68. The van der Waals surface area contributed by atoms with Gasteiger partial charge in [-0.05, 0) is 26.1 Å². The Labute approximate surface area is 140 Å². The first kappa shape index (κ1) is 23.9. The van der Waals surface area contributed by atoms with Gasteiger partial charge in [0.05, 0.1) is 15.9 Å². The lowest BCUT2D eigenvalue weighted by molar-refractivity contribution is -0.361. The molecule has 6 nitrogen and oxygen atoms in total. The molecule has 0 saturated heterocycles. The Morgan fingerprint density at radius 3 is 1.80 bits per heavy atom. The van der Waals surface area contributed by atoms with Crippen LogP contribution in [0.1, 0.15) is 26.7 Å². The Kier molecular flexibility index (Phi) is 8.17. The molecule has 0 radical (unpaired) electrons. The highest BCUT2D eigenvalue weighted by Gasteiger charge is 2.75. The zero-order valence-electron chi connectivity index (χ0n) is 13.4. The number of esters is 1. The lowest BCUT2D eigenvalue weighted by Crippen LogP contribution is -2.63. The summed E-state index contributed by atoms with van der Waals surface area (Å²) in [5, 5.41) is 0. The highest BCUT2D eigenvalue weighted by atomic mass is 32.2. The minimum Gasteiger partial charge on any atom is -0.748 e. The van der Waals surface area contributed by atoms with E-state index in [0.717, 1.165) is 0 Å². The van der Waals surface area contributed by atoms with Crippen LogP contribution in [0.3, 0.4) is 0 Å². The van der Waals surface area contributed by atoms with Crippen molar-refractivity contribution in [3.63, 3.8) is 0 Å². The summed E-state index contributed by atoms with van der Waals surface area (Å²) < 4.78 is 113. The molecule has 0 bridgehead atoms. The van der Waals surface area contributed by atoms with Gasteiger partial charge in [-0.25, -0.2) is 8.42 Å². The Morgan fingerprint density at radius 1 is 1.04 bits per heavy atom. The molecule has 0 aromatic carbocycles. The van der Waals surface area contributed by atoms with Crippen molar-refractivity contribution < 1.29 is 48.8 Å². The fraction of sp³-hybridized carbons (Fsp3) is 0.917. The predicted octanol–water partition coefficient (Wildman–Crippen LogP) is 2.06. The Balaban J connectivity index is 5.41. The van der Waals surface area contributed by atoms with E-state index in [9.17, 15) is 44.1 Å². The van der Waals surface area contributed by atoms with E-state index in [1.165, 1.54) is 0 Å². The molecule has 0 aromatic heterocycles. The van der Waals surface area contributed by atoms with Gasteiger partial charge in [0.1, 0.15) is 0 Å². The normalized spacial score (nSPS) is 14.0. The third-order valence-corrected chi connectivity index (χ3v) is 4.09. The summed E-state index contributed by atoms with van der Waals surface area (Å²) in [6.45, 7) is 4.84. The van der Waals surface area contributed by atoms with Crippen LogP contribution in [0.4, 0.5) is 26.3 Å². The lowest BCUT2D eigenvalue weighted by Gasteiger charge is -2.37. The Hall–Kier alpha value is -1.08. The average Bonchev–Trinajstić information content (AvgIpc) is 2.38. The summed E-state index contributed by atoms with van der Waals surface area (Å²) in [4.78, 5) is 13.2. The summed E-state index contributed by atoms with van der Waals surface area (Å²) in [6, 6.07) is 0. The monoisotopic (exact) mass is 402 g/mol. The van der Waals surface area contributed by atoms with Crippen LogP contribution in [0.5, 0.6) is 0 Å². The molecule has 150 valence electrons. The van der Waals surface area contributed by atoms with Crippen LogP contribution in [0, 0.1) is 0 Å². The molecule has 0 heterocycles. The zero-order valence-corrected chi connectivity index (χ0v) is 14.2. The largest absolute Gasteiger partial charge is 0.748 e. The highest BCUT2D eigenvalue weighted by Crippen LogP contribution is 2.47. The summed E-state index contributed by atoms with van der Waals surface area (Å²) in [6.07, 6.45) is -13.6. The highest BCUT2D eigenvalue weighted by molar-refractivity contribution is 7.85. The van der Waals surface area contributed by atoms with Gasteiger partial charge in [-0.1, -0.05) is 13.8 Å². The fourth-order valence-corrected chi connectivity index (χ4v) is 2.83. The van der Waals surface area contributed by atoms with Crippen molar-refractivity contribution in [1.29, 1.82) is 0 Å². The minimum atomic E-state index is -6.34. The van der Waals surface area contributed by atoms with E-state index >= 15 is 0 Å². The van der Waals surface area contributed by atoms with Gasteiger partial charge in [0.2, 0.25) is 0 Å². The molecular weight excluding hydrogens is 384 g/mol. The van der Waals surface area contributed by atoms with Crippen LogP contribution in [0.15, 0.2) is 0 Å². The molecule has 0 saturated carbocycles. The maximum Gasteiger partial charge on any atom is 0.438 e. The molecule has 0 N–H and O–H groups in total. The summed E-state index contributed by atoms with van der Waals surface area (Å²) >= 11 is 0. The molecule has 0 aliphatic rings. The smallest absolute Gasteiger partial charge is 0.438 e. The number of hydrogen-bond acceptors (Lipinski definition) is 6. The molecule has 0 aromatic rings. The van der Waals surface area contributed by atoms with Crippen molar-refractivity contribution >= 4 is 16.1 Å². The van der Waals surface area contributed by atoms with Crippen LogP contribution in [0.2, 0.25) is 0 Å². The third kappa shape index (κ3) is 6.98. The van der Waals surface area contributed by atoms with Gasteiger partial charge in [-0.15, -0.1) is 0 Å². The van der Waals surface area contributed by atoms with Gasteiger partial charge in [0, 0.05) is 6.42 Å². The maximum absolute atomic E-state index is 12.9. The van der Waals surface area contributed by atoms with E-state index in [2.05, 4.69) is 4.74 Å². The Bertz CT molecular complexity index is 527. The van der Waals surface area contributed by atoms with Gasteiger partial charge in [0.15, 0.2) is 0 Å². The van der Waals surface area contributed by atoms with Crippen molar-refractivity contribution in [3.8, 4) is 0 Å². The predicted molar refractivity (Wildman–Crippen MR) is 72.5 cm³/mol.